The highest BCUT2D eigenvalue weighted by molar-refractivity contribution is 5.66. The fourth-order valence-electron chi connectivity index (χ4n) is 1.45. The van der Waals surface area contributed by atoms with Crippen LogP contribution in [0.3, 0.4) is 0 Å². The van der Waals surface area contributed by atoms with E-state index in [1.165, 1.54) is 0 Å². The Morgan fingerprint density at radius 1 is 1.20 bits per heavy atom. The fourth-order valence-corrected chi connectivity index (χ4v) is 1.45. The van der Waals surface area contributed by atoms with Crippen molar-refractivity contribution in [3.05, 3.63) is 41.7 Å². The summed E-state index contributed by atoms with van der Waals surface area (Å²) in [5, 5.41) is 12.9. The molecule has 0 fully saturated rings. The maximum atomic E-state index is 8.96. The molecular formula is C16H22N2O2. The number of methoxy groups -OCH3 is 1. The van der Waals surface area contributed by atoms with Crippen molar-refractivity contribution in [2.24, 2.45) is 0 Å². The molecule has 2 rings (SSSR count). The molecule has 4 nitrogen and oxygen atoms in total. The first-order valence-corrected chi connectivity index (χ1v) is 6.79. The van der Waals surface area contributed by atoms with E-state index >= 15 is 0 Å². The van der Waals surface area contributed by atoms with Crippen molar-refractivity contribution in [3.8, 4) is 17.3 Å². The van der Waals surface area contributed by atoms with Gasteiger partial charge in [0.2, 0.25) is 0 Å². The number of rotatable bonds is 3. The van der Waals surface area contributed by atoms with Crippen molar-refractivity contribution < 1.29 is 9.26 Å². The Hall–Kier alpha value is -2.12. The van der Waals surface area contributed by atoms with E-state index in [1.807, 2.05) is 45.9 Å². The largest absolute Gasteiger partial charge is 0.377 e. The van der Waals surface area contributed by atoms with Gasteiger partial charge in [-0.15, -0.1) is 0 Å². The van der Waals surface area contributed by atoms with Gasteiger partial charge < -0.3 is 9.26 Å². The average molecular weight is 274 g/mol. The normalized spacial score (nSPS) is 8.60. The zero-order valence-electron chi connectivity index (χ0n) is 12.8. The van der Waals surface area contributed by atoms with Gasteiger partial charge in [-0.3, -0.25) is 0 Å². The molecule has 0 aliphatic carbocycles. The minimum atomic E-state index is 0.377. The van der Waals surface area contributed by atoms with Crippen LogP contribution in [-0.2, 0) is 11.3 Å². The molecule has 1 heterocycles. The number of nitrogens with zero attached hydrogens (tertiary/aromatic N) is 2. The number of aromatic nitrogens is 1. The molecule has 0 N–H and O–H groups in total. The summed E-state index contributed by atoms with van der Waals surface area (Å²) in [6.45, 7) is 8.38. The summed E-state index contributed by atoms with van der Waals surface area (Å²) in [6, 6.07) is 11.2. The second kappa shape index (κ2) is 10.8. The van der Waals surface area contributed by atoms with Gasteiger partial charge >= 0.3 is 0 Å². The Bertz CT molecular complexity index is 527. The lowest BCUT2D eigenvalue weighted by Gasteiger charge is -1.96. The first-order chi connectivity index (χ1) is 9.85. The van der Waals surface area contributed by atoms with Gasteiger partial charge in [-0.25, -0.2) is 0 Å². The molecule has 0 unspecified atom stereocenters. The quantitative estimate of drug-likeness (QED) is 0.831. The van der Waals surface area contributed by atoms with E-state index in [1.54, 1.807) is 19.2 Å². The number of nitriles is 1. The van der Waals surface area contributed by atoms with E-state index in [-0.39, 0.29) is 0 Å². The molecule has 1 aromatic carbocycles. The summed E-state index contributed by atoms with van der Waals surface area (Å²) < 4.78 is 10.0. The molecule has 20 heavy (non-hydrogen) atoms. The molecule has 4 heteroatoms. The standard InChI is InChI=1S/C12H10N2O2.2C2H6/c1-15-8-10-6-12(14-16-10)11-5-3-2-4-9(11)7-13;2*1-2/h2-6H,8H2,1H3;2*1-2H3. The third-order valence-corrected chi connectivity index (χ3v) is 2.17. The summed E-state index contributed by atoms with van der Waals surface area (Å²) in [7, 11) is 1.59. The van der Waals surface area contributed by atoms with Crippen molar-refractivity contribution in [1.29, 1.82) is 5.26 Å². The van der Waals surface area contributed by atoms with Crippen LogP contribution in [0.25, 0.3) is 11.3 Å². The van der Waals surface area contributed by atoms with E-state index in [9.17, 15) is 0 Å². The monoisotopic (exact) mass is 274 g/mol. The van der Waals surface area contributed by atoms with Crippen LogP contribution in [-0.4, -0.2) is 12.3 Å². The number of benzene rings is 1. The predicted octanol–water partition coefficient (Wildman–Crippen LogP) is 4.41. The van der Waals surface area contributed by atoms with E-state index < -0.39 is 0 Å². The SMILES string of the molecule is CC.CC.COCc1cc(-c2ccccc2C#N)no1. The number of hydrogen-bond donors (Lipinski definition) is 0. The van der Waals surface area contributed by atoms with Crippen LogP contribution >= 0.6 is 0 Å². The zero-order chi connectivity index (χ0) is 15.4. The maximum Gasteiger partial charge on any atom is 0.162 e. The fraction of sp³-hybridized carbons (Fsp3) is 0.375. The van der Waals surface area contributed by atoms with Gasteiger partial charge in [0.25, 0.3) is 0 Å². The summed E-state index contributed by atoms with van der Waals surface area (Å²) in [4.78, 5) is 0. The molecule has 108 valence electrons. The topological polar surface area (TPSA) is 59.0 Å². The smallest absolute Gasteiger partial charge is 0.162 e. The van der Waals surface area contributed by atoms with Crippen LogP contribution in [0.4, 0.5) is 0 Å². The van der Waals surface area contributed by atoms with Crippen molar-refractivity contribution in [1.82, 2.24) is 5.16 Å². The highest BCUT2D eigenvalue weighted by Gasteiger charge is 2.09. The molecule has 1 aromatic heterocycles. The van der Waals surface area contributed by atoms with Crippen molar-refractivity contribution >= 4 is 0 Å². The zero-order valence-corrected chi connectivity index (χ0v) is 12.8. The number of ether oxygens (including phenoxy) is 1. The van der Waals surface area contributed by atoms with E-state index in [0.29, 0.717) is 23.6 Å². The molecule has 0 aliphatic heterocycles. The highest BCUT2D eigenvalue weighted by atomic mass is 16.5. The summed E-state index contributed by atoms with van der Waals surface area (Å²) in [6.07, 6.45) is 0. The molecule has 0 saturated heterocycles. The second-order valence-electron chi connectivity index (χ2n) is 3.27. The van der Waals surface area contributed by atoms with Gasteiger partial charge in [0.05, 0.1) is 11.6 Å². The molecule has 0 bridgehead atoms. The maximum absolute atomic E-state index is 8.96. The molecule has 2 aromatic rings. The first-order valence-electron chi connectivity index (χ1n) is 6.79. The molecule has 0 atom stereocenters. The Labute approximate surface area is 121 Å². The third-order valence-electron chi connectivity index (χ3n) is 2.17. The molecule has 0 aliphatic rings. The van der Waals surface area contributed by atoms with Gasteiger partial charge in [0.1, 0.15) is 12.3 Å². The third kappa shape index (κ3) is 4.87. The van der Waals surface area contributed by atoms with Crippen LogP contribution in [0.2, 0.25) is 0 Å². The van der Waals surface area contributed by atoms with Gasteiger partial charge in [0.15, 0.2) is 5.76 Å². The summed E-state index contributed by atoms with van der Waals surface area (Å²) in [5.74, 6) is 0.644. The minimum absolute atomic E-state index is 0.377. The van der Waals surface area contributed by atoms with E-state index in [4.69, 9.17) is 14.5 Å². The van der Waals surface area contributed by atoms with Crippen LogP contribution in [0.15, 0.2) is 34.9 Å². The Kier molecular flexibility index (Phi) is 9.63. The number of hydrogen-bond acceptors (Lipinski definition) is 4. The Morgan fingerprint density at radius 2 is 1.85 bits per heavy atom. The Balaban J connectivity index is 0.000000829. The van der Waals surface area contributed by atoms with Gasteiger partial charge in [-0.1, -0.05) is 51.1 Å². The summed E-state index contributed by atoms with van der Waals surface area (Å²) in [5.41, 5.74) is 2.01. The van der Waals surface area contributed by atoms with Gasteiger partial charge in [0, 0.05) is 18.7 Å². The van der Waals surface area contributed by atoms with E-state index in [0.717, 1.165) is 5.56 Å². The van der Waals surface area contributed by atoms with Gasteiger partial charge in [-0.2, -0.15) is 5.26 Å². The average Bonchev–Trinajstić information content (AvgIpc) is 3.00. The molecule has 0 radical (unpaired) electrons. The first kappa shape index (κ1) is 17.9. The molecule has 0 amide bonds. The van der Waals surface area contributed by atoms with Crippen LogP contribution in [0.1, 0.15) is 39.0 Å². The van der Waals surface area contributed by atoms with Crippen LogP contribution in [0.5, 0.6) is 0 Å². The van der Waals surface area contributed by atoms with E-state index in [2.05, 4.69) is 11.2 Å². The summed E-state index contributed by atoms with van der Waals surface area (Å²) >= 11 is 0. The predicted molar refractivity (Wildman–Crippen MR) is 80.1 cm³/mol. The van der Waals surface area contributed by atoms with Crippen LogP contribution < -0.4 is 0 Å². The highest BCUT2D eigenvalue weighted by Crippen LogP contribution is 2.22. The van der Waals surface area contributed by atoms with Gasteiger partial charge in [-0.05, 0) is 6.07 Å². The van der Waals surface area contributed by atoms with Crippen molar-refractivity contribution in [2.75, 3.05) is 7.11 Å². The van der Waals surface area contributed by atoms with Crippen molar-refractivity contribution in [3.63, 3.8) is 0 Å². The molecule has 0 saturated carbocycles. The lowest BCUT2D eigenvalue weighted by molar-refractivity contribution is 0.156. The molecular weight excluding hydrogens is 252 g/mol. The van der Waals surface area contributed by atoms with Crippen molar-refractivity contribution in [2.45, 2.75) is 34.3 Å². The second-order valence-corrected chi connectivity index (χ2v) is 3.27. The lowest BCUT2D eigenvalue weighted by atomic mass is 10.1. The lowest BCUT2D eigenvalue weighted by Crippen LogP contribution is -1.83. The molecule has 0 spiro atoms. The van der Waals surface area contributed by atoms with Crippen LogP contribution in [0, 0.1) is 11.3 Å². The Morgan fingerprint density at radius 3 is 2.45 bits per heavy atom. The minimum Gasteiger partial charge on any atom is -0.377 e.